The minimum atomic E-state index is -0.175. The van der Waals surface area contributed by atoms with Gasteiger partial charge in [0.2, 0.25) is 0 Å². The van der Waals surface area contributed by atoms with Crippen molar-refractivity contribution in [3.63, 3.8) is 0 Å². The van der Waals surface area contributed by atoms with Crippen molar-refractivity contribution in [2.24, 2.45) is 0 Å². The first-order valence-electron chi connectivity index (χ1n) is 8.61. The number of carbonyl (C=O) groups excluding carboxylic acids is 1. The minimum absolute atomic E-state index is 0.0745. The highest BCUT2D eigenvalue weighted by atomic mass is 79.9. The fraction of sp³-hybridized carbons (Fsp3) is 0.250. The molecule has 0 saturated heterocycles. The van der Waals surface area contributed by atoms with Gasteiger partial charge in [-0.25, -0.2) is 4.68 Å². The summed E-state index contributed by atoms with van der Waals surface area (Å²) in [5.74, 6) is -0.175. The van der Waals surface area contributed by atoms with Crippen LogP contribution in [0.2, 0.25) is 0 Å². The summed E-state index contributed by atoms with van der Waals surface area (Å²) < 4.78 is 2.64. The SMILES string of the molecule is Cc1c(C(=O)NCC2(c3ccccc3)CC2)nnn1-c1cccc(Br)c1. The average molecular weight is 411 g/mol. The molecular weight excluding hydrogens is 392 g/mol. The second-order valence-electron chi connectivity index (χ2n) is 6.74. The van der Waals surface area contributed by atoms with Crippen LogP contribution in [0.1, 0.15) is 34.6 Å². The van der Waals surface area contributed by atoms with E-state index in [1.807, 2.05) is 49.4 Å². The van der Waals surface area contributed by atoms with Gasteiger partial charge in [-0.1, -0.05) is 57.5 Å². The number of rotatable bonds is 5. The molecule has 0 bridgehead atoms. The maximum atomic E-state index is 12.6. The fourth-order valence-corrected chi connectivity index (χ4v) is 3.62. The van der Waals surface area contributed by atoms with Crippen LogP contribution in [-0.2, 0) is 5.41 Å². The van der Waals surface area contributed by atoms with Crippen molar-refractivity contribution in [3.05, 3.63) is 76.0 Å². The number of nitrogens with one attached hydrogen (secondary N) is 1. The van der Waals surface area contributed by atoms with Crippen molar-refractivity contribution < 1.29 is 4.79 Å². The predicted molar refractivity (Wildman–Crippen MR) is 103 cm³/mol. The Morgan fingerprint density at radius 2 is 1.96 bits per heavy atom. The molecule has 132 valence electrons. The van der Waals surface area contributed by atoms with Gasteiger partial charge in [-0.3, -0.25) is 4.79 Å². The summed E-state index contributed by atoms with van der Waals surface area (Å²) in [6.07, 6.45) is 2.20. The van der Waals surface area contributed by atoms with Crippen molar-refractivity contribution in [1.82, 2.24) is 20.3 Å². The molecular formula is C20H19BrN4O. The van der Waals surface area contributed by atoms with E-state index in [-0.39, 0.29) is 11.3 Å². The van der Waals surface area contributed by atoms with Gasteiger partial charge in [-0.15, -0.1) is 5.10 Å². The van der Waals surface area contributed by atoms with Crippen LogP contribution < -0.4 is 5.32 Å². The Hall–Kier alpha value is -2.47. The van der Waals surface area contributed by atoms with Crippen LogP contribution in [-0.4, -0.2) is 27.4 Å². The summed E-state index contributed by atoms with van der Waals surface area (Å²) in [5, 5.41) is 11.3. The molecule has 0 atom stereocenters. The third kappa shape index (κ3) is 3.17. The molecule has 4 rings (SSSR count). The largest absolute Gasteiger partial charge is 0.350 e. The number of carbonyl (C=O) groups is 1. The Kier molecular flexibility index (Phi) is 4.36. The highest BCUT2D eigenvalue weighted by Gasteiger charge is 2.44. The maximum absolute atomic E-state index is 12.6. The highest BCUT2D eigenvalue weighted by Crippen LogP contribution is 2.47. The number of amides is 1. The molecule has 1 heterocycles. The molecule has 26 heavy (non-hydrogen) atoms. The van der Waals surface area contributed by atoms with E-state index in [0.29, 0.717) is 12.2 Å². The number of hydrogen-bond acceptors (Lipinski definition) is 3. The van der Waals surface area contributed by atoms with E-state index in [4.69, 9.17) is 0 Å². The van der Waals surface area contributed by atoms with Gasteiger partial charge in [0.25, 0.3) is 5.91 Å². The van der Waals surface area contributed by atoms with E-state index >= 15 is 0 Å². The zero-order valence-electron chi connectivity index (χ0n) is 14.4. The molecule has 1 aromatic heterocycles. The molecule has 0 unspecified atom stereocenters. The second kappa shape index (κ2) is 6.68. The van der Waals surface area contributed by atoms with Gasteiger partial charge in [0.05, 0.1) is 11.4 Å². The van der Waals surface area contributed by atoms with Gasteiger partial charge in [0.15, 0.2) is 5.69 Å². The summed E-state index contributed by atoms with van der Waals surface area (Å²) in [6.45, 7) is 2.49. The van der Waals surface area contributed by atoms with Crippen LogP contribution in [0.3, 0.4) is 0 Å². The molecule has 1 amide bonds. The quantitative estimate of drug-likeness (QED) is 0.695. The normalized spacial score (nSPS) is 14.8. The zero-order valence-corrected chi connectivity index (χ0v) is 16.0. The third-order valence-corrected chi connectivity index (χ3v) is 5.48. The first kappa shape index (κ1) is 17.0. The lowest BCUT2D eigenvalue weighted by Crippen LogP contribution is -2.32. The molecule has 1 aliphatic rings. The third-order valence-electron chi connectivity index (χ3n) is 4.99. The molecule has 0 spiro atoms. The lowest BCUT2D eigenvalue weighted by molar-refractivity contribution is 0.0944. The maximum Gasteiger partial charge on any atom is 0.273 e. The Morgan fingerprint density at radius 3 is 2.65 bits per heavy atom. The molecule has 5 nitrogen and oxygen atoms in total. The standard InChI is InChI=1S/C20H19BrN4O/c1-14-18(23-24-25(14)17-9-5-8-16(21)12-17)19(26)22-13-20(10-11-20)15-6-3-2-4-7-15/h2-9,12H,10-11,13H2,1H3,(H,22,26). The Bertz CT molecular complexity index is 947. The first-order valence-corrected chi connectivity index (χ1v) is 9.40. The lowest BCUT2D eigenvalue weighted by atomic mass is 9.96. The lowest BCUT2D eigenvalue weighted by Gasteiger charge is -2.16. The molecule has 1 fully saturated rings. The van der Waals surface area contributed by atoms with Crippen molar-refractivity contribution in [1.29, 1.82) is 0 Å². The number of benzene rings is 2. The smallest absolute Gasteiger partial charge is 0.273 e. The van der Waals surface area contributed by atoms with Crippen LogP contribution in [0.25, 0.3) is 5.69 Å². The minimum Gasteiger partial charge on any atom is -0.350 e. The molecule has 6 heteroatoms. The monoisotopic (exact) mass is 410 g/mol. The molecule has 1 N–H and O–H groups in total. The number of hydrogen-bond donors (Lipinski definition) is 1. The fourth-order valence-electron chi connectivity index (χ4n) is 3.24. The van der Waals surface area contributed by atoms with E-state index in [9.17, 15) is 4.79 Å². The van der Waals surface area contributed by atoms with Gasteiger partial charge >= 0.3 is 0 Å². The average Bonchev–Trinajstić information content (AvgIpc) is 3.36. The summed E-state index contributed by atoms with van der Waals surface area (Å²) in [5.41, 5.74) is 3.32. The topological polar surface area (TPSA) is 59.8 Å². The van der Waals surface area contributed by atoms with E-state index in [1.165, 1.54) is 5.56 Å². The van der Waals surface area contributed by atoms with Crippen molar-refractivity contribution in [2.45, 2.75) is 25.2 Å². The van der Waals surface area contributed by atoms with Crippen LogP contribution in [0.15, 0.2) is 59.1 Å². The van der Waals surface area contributed by atoms with Gasteiger partial charge < -0.3 is 5.32 Å². The van der Waals surface area contributed by atoms with Crippen LogP contribution >= 0.6 is 15.9 Å². The first-order chi connectivity index (χ1) is 12.6. The van der Waals surface area contributed by atoms with Gasteiger partial charge in [-0.05, 0) is 43.5 Å². The van der Waals surface area contributed by atoms with Gasteiger partial charge in [0, 0.05) is 16.4 Å². The number of aromatic nitrogens is 3. The Labute approximate surface area is 160 Å². The summed E-state index contributed by atoms with van der Waals surface area (Å²) in [4.78, 5) is 12.6. The molecule has 1 aliphatic carbocycles. The molecule has 0 radical (unpaired) electrons. The Morgan fingerprint density at radius 1 is 1.19 bits per heavy atom. The molecule has 2 aromatic carbocycles. The van der Waals surface area contributed by atoms with Crippen LogP contribution in [0.4, 0.5) is 0 Å². The second-order valence-corrected chi connectivity index (χ2v) is 7.66. The summed E-state index contributed by atoms with van der Waals surface area (Å²) in [7, 11) is 0. The van der Waals surface area contributed by atoms with Gasteiger partial charge in [0.1, 0.15) is 0 Å². The van der Waals surface area contributed by atoms with Crippen molar-refractivity contribution >= 4 is 21.8 Å². The molecule has 3 aromatic rings. The summed E-state index contributed by atoms with van der Waals surface area (Å²) in [6, 6.07) is 18.1. The van der Waals surface area contributed by atoms with Gasteiger partial charge in [-0.2, -0.15) is 0 Å². The van der Waals surface area contributed by atoms with E-state index < -0.39 is 0 Å². The highest BCUT2D eigenvalue weighted by molar-refractivity contribution is 9.10. The van der Waals surface area contributed by atoms with E-state index in [2.05, 4.69) is 43.7 Å². The van der Waals surface area contributed by atoms with Crippen LogP contribution in [0, 0.1) is 6.92 Å². The van der Waals surface area contributed by atoms with E-state index in [0.717, 1.165) is 28.7 Å². The predicted octanol–water partition coefficient (Wildman–Crippen LogP) is 3.80. The summed E-state index contributed by atoms with van der Waals surface area (Å²) >= 11 is 3.45. The van der Waals surface area contributed by atoms with Crippen LogP contribution in [0.5, 0.6) is 0 Å². The van der Waals surface area contributed by atoms with Crippen molar-refractivity contribution in [3.8, 4) is 5.69 Å². The van der Waals surface area contributed by atoms with Crippen molar-refractivity contribution in [2.75, 3.05) is 6.54 Å². The number of halogens is 1. The van der Waals surface area contributed by atoms with E-state index in [1.54, 1.807) is 4.68 Å². The Balaban J connectivity index is 1.50. The molecule has 1 saturated carbocycles. The zero-order chi connectivity index (χ0) is 18.1. The molecule has 0 aliphatic heterocycles. The number of nitrogens with zero attached hydrogens (tertiary/aromatic N) is 3.